The SMILES string of the molecule is CCN(CC)c1ccc(-n2nc3cc(C)c(NC(=O)/C=C/c4ccc(-c5ccc(Br)cc5)o4)cc3n2)cc1. The van der Waals surface area contributed by atoms with Crippen LogP contribution in [0.15, 0.2) is 87.8 Å². The zero-order chi connectivity index (χ0) is 26.6. The molecule has 7 nitrogen and oxygen atoms in total. The Morgan fingerprint density at radius 2 is 1.66 bits per heavy atom. The minimum absolute atomic E-state index is 0.256. The van der Waals surface area contributed by atoms with Crippen molar-refractivity contribution in [3.05, 3.63) is 94.7 Å². The molecule has 1 N–H and O–H groups in total. The molecule has 0 fully saturated rings. The second-order valence-corrected chi connectivity index (χ2v) is 9.78. The van der Waals surface area contributed by atoms with Crippen molar-refractivity contribution >= 4 is 50.3 Å². The quantitative estimate of drug-likeness (QED) is 0.199. The third-order valence-corrected chi connectivity index (χ3v) is 6.88. The average Bonchev–Trinajstić information content (AvgIpc) is 3.56. The lowest BCUT2D eigenvalue weighted by molar-refractivity contribution is -0.111. The third-order valence-electron chi connectivity index (χ3n) is 6.35. The van der Waals surface area contributed by atoms with Gasteiger partial charge in [-0.25, -0.2) is 0 Å². The fourth-order valence-electron chi connectivity index (χ4n) is 4.25. The van der Waals surface area contributed by atoms with Gasteiger partial charge in [0.15, 0.2) is 0 Å². The number of nitrogens with zero attached hydrogens (tertiary/aromatic N) is 4. The van der Waals surface area contributed by atoms with Gasteiger partial charge in [0, 0.05) is 40.6 Å². The van der Waals surface area contributed by atoms with Crippen LogP contribution < -0.4 is 10.2 Å². The Morgan fingerprint density at radius 3 is 2.34 bits per heavy atom. The van der Waals surface area contributed by atoms with Crippen LogP contribution in [0.25, 0.3) is 34.1 Å². The topological polar surface area (TPSA) is 76.2 Å². The molecule has 3 aromatic carbocycles. The predicted molar refractivity (Wildman–Crippen MR) is 157 cm³/mol. The molecule has 0 saturated heterocycles. The van der Waals surface area contributed by atoms with E-state index in [9.17, 15) is 4.79 Å². The van der Waals surface area contributed by atoms with Crippen molar-refractivity contribution in [3.63, 3.8) is 0 Å². The maximum Gasteiger partial charge on any atom is 0.248 e. The van der Waals surface area contributed by atoms with Gasteiger partial charge in [-0.2, -0.15) is 4.80 Å². The highest BCUT2D eigenvalue weighted by Crippen LogP contribution is 2.25. The molecule has 2 heterocycles. The van der Waals surface area contributed by atoms with Crippen molar-refractivity contribution in [1.29, 1.82) is 0 Å². The van der Waals surface area contributed by atoms with Gasteiger partial charge in [-0.1, -0.05) is 28.1 Å². The molecule has 38 heavy (non-hydrogen) atoms. The van der Waals surface area contributed by atoms with E-state index in [0.29, 0.717) is 17.0 Å². The summed E-state index contributed by atoms with van der Waals surface area (Å²) in [7, 11) is 0. The van der Waals surface area contributed by atoms with Gasteiger partial charge in [0.1, 0.15) is 22.6 Å². The molecule has 5 aromatic rings. The van der Waals surface area contributed by atoms with Gasteiger partial charge < -0.3 is 14.6 Å². The van der Waals surface area contributed by atoms with E-state index in [1.165, 1.54) is 11.8 Å². The van der Waals surface area contributed by atoms with E-state index in [0.717, 1.165) is 45.7 Å². The number of nitrogens with one attached hydrogen (secondary N) is 1. The summed E-state index contributed by atoms with van der Waals surface area (Å²) >= 11 is 3.44. The summed E-state index contributed by atoms with van der Waals surface area (Å²) in [5.41, 5.74) is 6.07. The molecule has 0 spiro atoms. The molecule has 0 bridgehead atoms. The van der Waals surface area contributed by atoms with Gasteiger partial charge in [-0.3, -0.25) is 4.79 Å². The van der Waals surface area contributed by atoms with Crippen LogP contribution >= 0.6 is 15.9 Å². The van der Waals surface area contributed by atoms with Crippen LogP contribution in [0.3, 0.4) is 0 Å². The van der Waals surface area contributed by atoms with E-state index < -0.39 is 0 Å². The smallest absolute Gasteiger partial charge is 0.248 e. The summed E-state index contributed by atoms with van der Waals surface area (Å²) in [5.74, 6) is 1.08. The van der Waals surface area contributed by atoms with Crippen LogP contribution in [0.5, 0.6) is 0 Å². The highest BCUT2D eigenvalue weighted by atomic mass is 79.9. The Labute approximate surface area is 229 Å². The molecule has 0 radical (unpaired) electrons. The summed E-state index contributed by atoms with van der Waals surface area (Å²) in [6.45, 7) is 8.14. The number of anilines is 2. The van der Waals surface area contributed by atoms with E-state index in [-0.39, 0.29) is 5.91 Å². The minimum atomic E-state index is -0.256. The highest BCUT2D eigenvalue weighted by molar-refractivity contribution is 9.10. The largest absolute Gasteiger partial charge is 0.457 e. The first-order chi connectivity index (χ1) is 18.4. The fraction of sp³-hybridized carbons (Fsp3) is 0.167. The lowest BCUT2D eigenvalue weighted by Crippen LogP contribution is -2.21. The number of benzene rings is 3. The van der Waals surface area contributed by atoms with E-state index in [1.807, 2.05) is 67.6 Å². The lowest BCUT2D eigenvalue weighted by Gasteiger charge is -2.20. The number of aromatic nitrogens is 3. The number of amides is 1. The number of carbonyl (C=O) groups excluding carboxylic acids is 1. The van der Waals surface area contributed by atoms with Crippen molar-refractivity contribution in [2.24, 2.45) is 0 Å². The zero-order valence-electron chi connectivity index (χ0n) is 21.5. The van der Waals surface area contributed by atoms with Crippen molar-refractivity contribution in [1.82, 2.24) is 15.0 Å². The second-order valence-electron chi connectivity index (χ2n) is 8.87. The Kier molecular flexibility index (Phi) is 7.42. The normalized spacial score (nSPS) is 11.4. The number of aryl methyl sites for hydroxylation is 1. The minimum Gasteiger partial charge on any atom is -0.457 e. The Morgan fingerprint density at radius 1 is 0.974 bits per heavy atom. The molecule has 2 aromatic heterocycles. The van der Waals surface area contributed by atoms with Gasteiger partial charge in [0.25, 0.3) is 0 Å². The monoisotopic (exact) mass is 569 g/mol. The summed E-state index contributed by atoms with van der Waals surface area (Å²) in [4.78, 5) is 16.6. The number of rotatable bonds is 8. The van der Waals surface area contributed by atoms with Gasteiger partial charge in [0.2, 0.25) is 5.91 Å². The fourth-order valence-corrected chi connectivity index (χ4v) is 4.51. The molecule has 5 rings (SSSR count). The molecule has 0 aliphatic carbocycles. The molecular formula is C30H28BrN5O2. The van der Waals surface area contributed by atoms with E-state index >= 15 is 0 Å². The molecule has 0 aliphatic heterocycles. The zero-order valence-corrected chi connectivity index (χ0v) is 23.1. The third kappa shape index (κ3) is 5.55. The maximum absolute atomic E-state index is 12.7. The molecule has 0 aliphatic rings. The second kappa shape index (κ2) is 11.1. The van der Waals surface area contributed by atoms with Crippen LogP contribution in [-0.4, -0.2) is 34.0 Å². The first-order valence-corrected chi connectivity index (χ1v) is 13.3. The number of carbonyl (C=O) groups is 1. The van der Waals surface area contributed by atoms with Gasteiger partial charge >= 0.3 is 0 Å². The molecule has 0 atom stereocenters. The summed E-state index contributed by atoms with van der Waals surface area (Å²) in [6.07, 6.45) is 3.12. The number of hydrogen-bond acceptors (Lipinski definition) is 5. The van der Waals surface area contributed by atoms with Crippen LogP contribution in [0.4, 0.5) is 11.4 Å². The van der Waals surface area contributed by atoms with E-state index in [2.05, 4.69) is 62.3 Å². The summed E-state index contributed by atoms with van der Waals surface area (Å²) in [5, 5.41) is 12.2. The average molecular weight is 570 g/mol. The van der Waals surface area contributed by atoms with Crippen molar-refractivity contribution in [3.8, 4) is 17.0 Å². The van der Waals surface area contributed by atoms with Gasteiger partial charge in [0.05, 0.1) is 5.69 Å². The number of fused-ring (bicyclic) bond motifs is 1. The van der Waals surface area contributed by atoms with Gasteiger partial charge in [-0.15, -0.1) is 10.2 Å². The van der Waals surface area contributed by atoms with E-state index in [4.69, 9.17) is 4.42 Å². The molecule has 8 heteroatoms. The Hall–Kier alpha value is -4.17. The predicted octanol–water partition coefficient (Wildman–Crippen LogP) is 7.25. The van der Waals surface area contributed by atoms with Crippen LogP contribution in [0.1, 0.15) is 25.2 Å². The first-order valence-electron chi connectivity index (χ1n) is 12.5. The number of hydrogen-bond donors (Lipinski definition) is 1. The Balaban J connectivity index is 1.29. The molecule has 0 saturated carbocycles. The first kappa shape index (κ1) is 25.5. The number of furan rings is 1. The summed E-state index contributed by atoms with van der Waals surface area (Å²) < 4.78 is 6.87. The van der Waals surface area contributed by atoms with Crippen molar-refractivity contribution in [2.75, 3.05) is 23.3 Å². The van der Waals surface area contributed by atoms with Gasteiger partial charge in [-0.05, 0) is 93.1 Å². The summed E-state index contributed by atoms with van der Waals surface area (Å²) in [6, 6.07) is 23.6. The van der Waals surface area contributed by atoms with Crippen LogP contribution in [0.2, 0.25) is 0 Å². The van der Waals surface area contributed by atoms with Crippen molar-refractivity contribution in [2.45, 2.75) is 20.8 Å². The van der Waals surface area contributed by atoms with E-state index in [1.54, 1.807) is 10.9 Å². The number of halogens is 1. The Bertz CT molecular complexity index is 1600. The lowest BCUT2D eigenvalue weighted by atomic mass is 10.1. The highest BCUT2D eigenvalue weighted by Gasteiger charge is 2.11. The van der Waals surface area contributed by atoms with Crippen LogP contribution in [0, 0.1) is 6.92 Å². The molecule has 192 valence electrons. The molecule has 1 amide bonds. The molecular weight excluding hydrogens is 542 g/mol. The standard InChI is InChI=1S/C30H28BrN5O2/c1-4-35(5-2)23-10-12-24(13-11-23)36-33-27-18-20(3)26(19-28(27)34-36)32-30(37)17-15-25-14-16-29(38-25)21-6-8-22(31)9-7-21/h6-19H,4-5H2,1-3H3,(H,32,37)/b17-15+. The van der Waals surface area contributed by atoms with Crippen LogP contribution in [-0.2, 0) is 4.79 Å². The van der Waals surface area contributed by atoms with Crippen molar-refractivity contribution < 1.29 is 9.21 Å². The molecule has 0 unspecified atom stereocenters. The maximum atomic E-state index is 12.7.